The number of nitrogens with two attached hydrogens (primary N) is 1. The molecule has 282 valence electrons. The van der Waals surface area contributed by atoms with Crippen molar-refractivity contribution in [3.63, 3.8) is 0 Å². The predicted molar refractivity (Wildman–Crippen MR) is 171 cm³/mol. The number of ether oxygens (including phenoxy) is 2. The molecule has 2 heterocycles. The molecular formula is C32H41NO17S. The van der Waals surface area contributed by atoms with Crippen LogP contribution in [0.1, 0.15) is 48.5 Å². The smallest absolute Gasteiger partial charge is 0.199 e. The van der Waals surface area contributed by atoms with Gasteiger partial charge in [-0.2, -0.15) is 0 Å². The van der Waals surface area contributed by atoms with Crippen molar-refractivity contribution in [1.82, 2.24) is 0 Å². The highest BCUT2D eigenvalue weighted by molar-refractivity contribution is 8.00. The molecule has 18 nitrogen and oxygen atoms in total. The topological polar surface area (TPSA) is 326 Å². The van der Waals surface area contributed by atoms with Crippen LogP contribution < -0.4 is 5.73 Å². The summed E-state index contributed by atoms with van der Waals surface area (Å²) in [5.74, 6) is -11.5. The number of thioether (sulfide) groups is 1. The van der Waals surface area contributed by atoms with Gasteiger partial charge in [0, 0.05) is 10.6 Å². The third kappa shape index (κ3) is 5.45. The largest absolute Gasteiger partial charge is 0.399 e. The van der Waals surface area contributed by atoms with E-state index in [1.807, 2.05) is 0 Å². The van der Waals surface area contributed by atoms with Gasteiger partial charge < -0.3 is 56.1 Å². The third-order valence-corrected chi connectivity index (χ3v) is 11.1. The van der Waals surface area contributed by atoms with E-state index in [0.717, 1.165) is 0 Å². The van der Waals surface area contributed by atoms with Crippen LogP contribution in [0.4, 0.5) is 5.69 Å². The zero-order chi connectivity index (χ0) is 39.6. The number of Topliss-reactive ketones (excluding diaryl/α,β-unsaturated/α-hetero) is 7. The van der Waals surface area contributed by atoms with Crippen molar-refractivity contribution in [2.45, 2.75) is 123 Å². The Kier molecular flexibility index (Phi) is 11.2. The van der Waals surface area contributed by atoms with Gasteiger partial charge in [-0.1, -0.05) is 11.8 Å². The van der Waals surface area contributed by atoms with E-state index in [1.165, 1.54) is 24.3 Å². The molecule has 0 amide bonds. The molecule has 0 bridgehead atoms. The predicted octanol–water partition coefficient (Wildman–Crippen LogP) is -3.92. The van der Waals surface area contributed by atoms with Gasteiger partial charge in [-0.15, -0.1) is 0 Å². The van der Waals surface area contributed by atoms with Gasteiger partial charge in [-0.05, 0) is 72.7 Å². The standard InChI is InChI=1S/C32H41NO17S/c1-12(34)21(41)23-27(43,14(3)36)31(47,17(6)39)28(44,15(4)37)25(49-23)30(46)24(22(42)13(2)35)50-26(51-20-10-8-19(33)9-11-20)29(45,16(5)38)32(30,48)18(7)40/h8-11,21-26,41-48H,33H2,1-7H3/t21?,22?,23-,24-,25-,26+,27-,28+,29+,30+,31+,32-/m1/s1. The molecule has 12 atom stereocenters. The van der Waals surface area contributed by atoms with Gasteiger partial charge in [0.2, 0.25) is 0 Å². The molecule has 0 aliphatic carbocycles. The van der Waals surface area contributed by atoms with Crippen LogP contribution in [0.2, 0.25) is 0 Å². The first-order valence-corrected chi connectivity index (χ1v) is 16.1. The van der Waals surface area contributed by atoms with Crippen LogP contribution >= 0.6 is 11.8 Å². The normalized spacial score (nSPS) is 39.4. The molecule has 0 spiro atoms. The summed E-state index contributed by atoms with van der Waals surface area (Å²) in [5.41, 5.74) is -21.1. The van der Waals surface area contributed by atoms with Crippen LogP contribution in [-0.4, -0.2) is 151 Å². The van der Waals surface area contributed by atoms with Crippen molar-refractivity contribution in [3.05, 3.63) is 24.3 Å². The number of aliphatic hydroxyl groups is 8. The van der Waals surface area contributed by atoms with Crippen molar-refractivity contribution in [3.8, 4) is 0 Å². The molecule has 1 aromatic rings. The van der Waals surface area contributed by atoms with Gasteiger partial charge in [0.05, 0.1) is 0 Å². The zero-order valence-corrected chi connectivity index (χ0v) is 29.3. The van der Waals surface area contributed by atoms with Crippen molar-refractivity contribution in [2.24, 2.45) is 0 Å². The van der Waals surface area contributed by atoms with E-state index >= 15 is 0 Å². The van der Waals surface area contributed by atoms with Crippen LogP contribution in [0.25, 0.3) is 0 Å². The summed E-state index contributed by atoms with van der Waals surface area (Å²) in [7, 11) is 0. The number of rotatable bonds is 12. The molecule has 2 aliphatic rings. The number of carbonyl (C=O) groups excluding carboxylic acids is 7. The number of aliphatic hydroxyl groups excluding tert-OH is 2. The summed E-state index contributed by atoms with van der Waals surface area (Å²) < 4.78 is 11.3. The highest BCUT2D eigenvalue weighted by atomic mass is 32.2. The quantitative estimate of drug-likeness (QED) is 0.0923. The maximum atomic E-state index is 13.8. The van der Waals surface area contributed by atoms with E-state index in [4.69, 9.17) is 15.2 Å². The lowest BCUT2D eigenvalue weighted by Crippen LogP contribution is -2.95. The molecule has 2 fully saturated rings. The number of anilines is 1. The van der Waals surface area contributed by atoms with Crippen molar-refractivity contribution in [1.29, 1.82) is 0 Å². The fraction of sp³-hybridized carbons (Fsp3) is 0.594. The molecule has 2 unspecified atom stereocenters. The first-order valence-electron chi connectivity index (χ1n) is 15.2. The van der Waals surface area contributed by atoms with Crippen molar-refractivity contribution in [2.75, 3.05) is 5.73 Å². The molecule has 51 heavy (non-hydrogen) atoms. The number of carbonyl (C=O) groups is 7. The molecule has 0 radical (unpaired) electrons. The Hall–Kier alpha value is -3.34. The number of benzene rings is 1. The second-order valence-electron chi connectivity index (χ2n) is 12.9. The van der Waals surface area contributed by atoms with Gasteiger partial charge >= 0.3 is 0 Å². The molecule has 1 aromatic carbocycles. The van der Waals surface area contributed by atoms with E-state index in [-0.39, 0.29) is 10.6 Å². The number of ketones is 7. The first kappa shape index (κ1) is 42.1. The monoisotopic (exact) mass is 743 g/mol. The average molecular weight is 744 g/mol. The fourth-order valence-electron chi connectivity index (χ4n) is 7.04. The number of nitrogen functional groups attached to an aromatic ring is 1. The third-order valence-electron chi connectivity index (χ3n) is 9.91. The van der Waals surface area contributed by atoms with Crippen LogP contribution in [0.3, 0.4) is 0 Å². The van der Waals surface area contributed by atoms with Crippen LogP contribution in [0.5, 0.6) is 0 Å². The van der Waals surface area contributed by atoms with Crippen molar-refractivity contribution < 1.29 is 83.9 Å². The second kappa shape index (κ2) is 13.6. The van der Waals surface area contributed by atoms with E-state index in [9.17, 15) is 74.4 Å². The van der Waals surface area contributed by atoms with E-state index in [2.05, 4.69) is 0 Å². The summed E-state index contributed by atoms with van der Waals surface area (Å²) in [5, 5.41) is 96.1. The van der Waals surface area contributed by atoms with Gasteiger partial charge in [0.25, 0.3) is 0 Å². The molecule has 0 saturated carbocycles. The summed E-state index contributed by atoms with van der Waals surface area (Å²) in [6, 6.07) is 5.37. The Bertz CT molecular complexity index is 1670. The SMILES string of the molecule is CC(=O)C(O)[C@H]1O[C@@H](Sc2ccc(N)cc2)[C@@](O)(C(C)=O)[C@](O)(C(C)=O)[C@@]1(O)[C@@H]1O[C@H](C(O)C(C)=O)[C@](O)(C(C)=O)[C@@](O)(C(C)=O)[C@]1(O)C(C)=O. The lowest BCUT2D eigenvalue weighted by Gasteiger charge is -2.66. The van der Waals surface area contributed by atoms with Crippen molar-refractivity contribution >= 4 is 57.9 Å². The maximum Gasteiger partial charge on any atom is 0.199 e. The highest BCUT2D eigenvalue weighted by Gasteiger charge is 2.88. The Morgan fingerprint density at radius 2 is 1.02 bits per heavy atom. The summed E-state index contributed by atoms with van der Waals surface area (Å²) in [6.45, 7) is 3.80. The summed E-state index contributed by atoms with van der Waals surface area (Å²) in [6.07, 6.45) is -14.9. The second-order valence-corrected chi connectivity index (χ2v) is 14.1. The Balaban J connectivity index is 2.65. The number of hydrogen-bond donors (Lipinski definition) is 9. The lowest BCUT2D eigenvalue weighted by atomic mass is 9.51. The minimum atomic E-state index is -4.29. The average Bonchev–Trinajstić information content (AvgIpc) is 3.03. The summed E-state index contributed by atoms with van der Waals surface area (Å²) in [4.78, 5) is 92.8. The van der Waals surface area contributed by atoms with Gasteiger partial charge in [0.15, 0.2) is 74.1 Å². The van der Waals surface area contributed by atoms with E-state index < -0.39 is 110 Å². The highest BCUT2D eigenvalue weighted by Crippen LogP contribution is 2.58. The molecular weight excluding hydrogens is 702 g/mol. The molecule has 2 aliphatic heterocycles. The minimum absolute atomic E-state index is 0.109. The lowest BCUT2D eigenvalue weighted by molar-refractivity contribution is -0.401. The molecule has 19 heteroatoms. The Labute approximate surface area is 294 Å². The molecule has 3 rings (SSSR count). The Morgan fingerprint density at radius 1 is 0.608 bits per heavy atom. The van der Waals surface area contributed by atoms with E-state index in [1.54, 1.807) is 0 Å². The maximum absolute atomic E-state index is 13.8. The first-order chi connectivity index (χ1) is 23.1. The Morgan fingerprint density at radius 3 is 1.39 bits per heavy atom. The van der Waals surface area contributed by atoms with Crippen LogP contribution in [0.15, 0.2) is 29.2 Å². The van der Waals surface area contributed by atoms with Gasteiger partial charge in [-0.3, -0.25) is 33.6 Å². The van der Waals surface area contributed by atoms with E-state index in [0.29, 0.717) is 60.2 Å². The fourth-order valence-corrected chi connectivity index (χ4v) is 8.26. The summed E-state index contributed by atoms with van der Waals surface area (Å²) >= 11 is 0.395. The molecule has 0 aromatic heterocycles. The van der Waals surface area contributed by atoms with Gasteiger partial charge in [-0.25, -0.2) is 0 Å². The zero-order valence-electron chi connectivity index (χ0n) is 28.5. The number of hydrogen-bond acceptors (Lipinski definition) is 19. The van der Waals surface area contributed by atoms with Crippen LogP contribution in [0, 0.1) is 0 Å². The molecule has 2 saturated heterocycles. The van der Waals surface area contributed by atoms with Gasteiger partial charge in [0.1, 0.15) is 36.0 Å². The van der Waals surface area contributed by atoms with Crippen LogP contribution in [-0.2, 0) is 43.0 Å². The molecule has 10 N–H and O–H groups in total. The minimum Gasteiger partial charge on any atom is -0.399 e.